The van der Waals surface area contributed by atoms with Crippen LogP contribution in [0.15, 0.2) is 35.0 Å². The quantitative estimate of drug-likeness (QED) is 0.756. The van der Waals surface area contributed by atoms with Crippen LogP contribution in [0.5, 0.6) is 5.75 Å². The predicted molar refractivity (Wildman–Crippen MR) is 116 cm³/mol. The van der Waals surface area contributed by atoms with Crippen molar-refractivity contribution in [1.29, 1.82) is 0 Å². The van der Waals surface area contributed by atoms with Gasteiger partial charge < -0.3 is 19.5 Å². The molecule has 0 unspecified atom stereocenters. The van der Waals surface area contributed by atoms with E-state index in [4.69, 9.17) is 9.26 Å². The fourth-order valence-corrected chi connectivity index (χ4v) is 4.72. The van der Waals surface area contributed by atoms with Gasteiger partial charge in [0.25, 0.3) is 5.91 Å². The molecule has 2 amide bonds. The lowest BCUT2D eigenvalue weighted by Gasteiger charge is -2.40. The minimum Gasteiger partial charge on any atom is -0.491 e. The molecule has 1 aromatic heterocycles. The standard InChI is InChI=1S/C24H31N3O4/c1-18-20(17-26-31-18)22(28)27-14-11-24(12-15-27)10-6-2-3-7-19-8-4-5-9-21(19)30-16-13-25-23(24)29/h4-5,8-9,17H,2-3,6-7,10-16H2,1H3,(H,25,29). The van der Waals surface area contributed by atoms with E-state index in [1.54, 1.807) is 6.92 Å². The average Bonchev–Trinajstić information content (AvgIpc) is 3.22. The largest absolute Gasteiger partial charge is 0.491 e. The van der Waals surface area contributed by atoms with E-state index in [1.807, 2.05) is 23.1 Å². The van der Waals surface area contributed by atoms with Crippen LogP contribution in [-0.4, -0.2) is 48.1 Å². The Morgan fingerprint density at radius 1 is 1.13 bits per heavy atom. The van der Waals surface area contributed by atoms with Gasteiger partial charge in [0.05, 0.1) is 18.2 Å². The molecule has 0 atom stereocenters. The topological polar surface area (TPSA) is 84.7 Å². The number of hydrogen-bond donors (Lipinski definition) is 1. The number of likely N-dealkylation sites (tertiary alicyclic amines) is 1. The first-order valence-corrected chi connectivity index (χ1v) is 11.3. The normalized spacial score (nSPS) is 19.9. The molecule has 0 bridgehead atoms. The zero-order valence-electron chi connectivity index (χ0n) is 18.2. The van der Waals surface area contributed by atoms with Crippen molar-refractivity contribution in [3.05, 3.63) is 47.3 Å². The highest BCUT2D eigenvalue weighted by molar-refractivity contribution is 5.95. The maximum Gasteiger partial charge on any atom is 0.259 e. The number of fused-ring (bicyclic) bond motifs is 1. The minimum absolute atomic E-state index is 0.0650. The molecule has 0 radical (unpaired) electrons. The van der Waals surface area contributed by atoms with Crippen LogP contribution in [0.2, 0.25) is 0 Å². The van der Waals surface area contributed by atoms with E-state index in [0.29, 0.717) is 50.4 Å². The average molecular weight is 426 g/mol. The molecule has 0 saturated carbocycles. The smallest absolute Gasteiger partial charge is 0.259 e. The van der Waals surface area contributed by atoms with Gasteiger partial charge in [-0.05, 0) is 50.7 Å². The summed E-state index contributed by atoms with van der Waals surface area (Å²) >= 11 is 0. The van der Waals surface area contributed by atoms with Crippen molar-refractivity contribution in [2.45, 2.75) is 51.9 Å². The van der Waals surface area contributed by atoms with E-state index >= 15 is 0 Å². The van der Waals surface area contributed by atoms with Gasteiger partial charge >= 0.3 is 0 Å². The first kappa shape index (κ1) is 21.4. The van der Waals surface area contributed by atoms with Crippen molar-refractivity contribution in [2.24, 2.45) is 5.41 Å². The van der Waals surface area contributed by atoms with E-state index in [9.17, 15) is 9.59 Å². The SMILES string of the molecule is Cc1oncc1C(=O)N1CCC2(CCCCCc3ccccc3OCCNC2=O)CC1. The lowest BCUT2D eigenvalue weighted by atomic mass is 9.73. The number of aromatic nitrogens is 1. The molecule has 7 heteroatoms. The number of ether oxygens (including phenoxy) is 1. The Balaban J connectivity index is 1.40. The number of para-hydroxylation sites is 1. The van der Waals surface area contributed by atoms with Crippen LogP contribution in [0, 0.1) is 12.3 Å². The van der Waals surface area contributed by atoms with E-state index in [-0.39, 0.29) is 11.8 Å². The minimum atomic E-state index is -0.415. The molecule has 1 fully saturated rings. The zero-order valence-corrected chi connectivity index (χ0v) is 18.2. The fraction of sp³-hybridized carbons (Fsp3) is 0.542. The van der Waals surface area contributed by atoms with Gasteiger partial charge in [-0.2, -0.15) is 0 Å². The summed E-state index contributed by atoms with van der Waals surface area (Å²) in [5, 5.41) is 6.82. The Kier molecular flexibility index (Phi) is 6.59. The first-order chi connectivity index (χ1) is 15.1. The van der Waals surface area contributed by atoms with Crippen LogP contribution in [-0.2, 0) is 11.2 Å². The molecule has 31 heavy (non-hydrogen) atoms. The van der Waals surface area contributed by atoms with Crippen LogP contribution in [0.25, 0.3) is 0 Å². The number of nitrogens with one attached hydrogen (secondary N) is 1. The van der Waals surface area contributed by atoms with E-state index in [0.717, 1.165) is 37.9 Å². The third-order valence-corrected chi connectivity index (χ3v) is 6.69. The van der Waals surface area contributed by atoms with Gasteiger partial charge in [-0.1, -0.05) is 36.2 Å². The Morgan fingerprint density at radius 2 is 1.94 bits per heavy atom. The summed E-state index contributed by atoms with van der Waals surface area (Å²) in [6.07, 6.45) is 7.84. The second-order valence-electron chi connectivity index (χ2n) is 8.64. The summed E-state index contributed by atoms with van der Waals surface area (Å²) in [5.41, 5.74) is 1.33. The van der Waals surface area contributed by atoms with Crippen LogP contribution < -0.4 is 10.1 Å². The molecule has 4 rings (SSSR count). The summed E-state index contributed by atoms with van der Waals surface area (Å²) < 4.78 is 11.0. The molecule has 2 aromatic rings. The van der Waals surface area contributed by atoms with Crippen LogP contribution >= 0.6 is 0 Å². The highest BCUT2D eigenvalue weighted by atomic mass is 16.5. The first-order valence-electron chi connectivity index (χ1n) is 11.3. The van der Waals surface area contributed by atoms with Crippen molar-refractivity contribution >= 4 is 11.8 Å². The summed E-state index contributed by atoms with van der Waals surface area (Å²) in [4.78, 5) is 27.8. The maximum absolute atomic E-state index is 13.2. The molecule has 2 aliphatic heterocycles. The summed E-state index contributed by atoms with van der Waals surface area (Å²) in [7, 11) is 0. The molecule has 166 valence electrons. The Hall–Kier alpha value is -2.83. The number of piperidine rings is 1. The summed E-state index contributed by atoms with van der Waals surface area (Å²) in [6, 6.07) is 8.16. The van der Waals surface area contributed by atoms with E-state index < -0.39 is 5.41 Å². The summed E-state index contributed by atoms with van der Waals surface area (Å²) in [5.74, 6) is 1.48. The molecule has 1 spiro atoms. The molecule has 1 aromatic carbocycles. The third-order valence-electron chi connectivity index (χ3n) is 6.69. The van der Waals surface area contributed by atoms with Crippen molar-refractivity contribution < 1.29 is 18.8 Å². The molecule has 1 N–H and O–H groups in total. The lowest BCUT2D eigenvalue weighted by Crippen LogP contribution is -2.50. The number of rotatable bonds is 1. The van der Waals surface area contributed by atoms with Crippen LogP contribution in [0.1, 0.15) is 60.2 Å². The number of carbonyl (C=O) groups is 2. The Morgan fingerprint density at radius 3 is 2.71 bits per heavy atom. The molecule has 1 saturated heterocycles. The van der Waals surface area contributed by atoms with E-state index in [1.165, 1.54) is 11.8 Å². The van der Waals surface area contributed by atoms with Gasteiger partial charge in [0, 0.05) is 13.1 Å². The highest BCUT2D eigenvalue weighted by Gasteiger charge is 2.42. The molecule has 0 aliphatic carbocycles. The van der Waals surface area contributed by atoms with Gasteiger partial charge in [0.1, 0.15) is 23.7 Å². The maximum atomic E-state index is 13.2. The molecule has 2 aliphatic rings. The van der Waals surface area contributed by atoms with Gasteiger partial charge in [-0.25, -0.2) is 0 Å². The van der Waals surface area contributed by atoms with Crippen LogP contribution in [0.4, 0.5) is 0 Å². The molecule has 3 heterocycles. The number of carbonyl (C=O) groups excluding carboxylic acids is 2. The number of hydrogen-bond acceptors (Lipinski definition) is 5. The van der Waals surface area contributed by atoms with Crippen molar-refractivity contribution in [3.8, 4) is 5.75 Å². The van der Waals surface area contributed by atoms with Gasteiger partial charge in [0.2, 0.25) is 5.91 Å². The van der Waals surface area contributed by atoms with E-state index in [2.05, 4.69) is 16.5 Å². The predicted octanol–water partition coefficient (Wildman–Crippen LogP) is 3.52. The van der Waals surface area contributed by atoms with Crippen LogP contribution in [0.3, 0.4) is 0 Å². The van der Waals surface area contributed by atoms with Crippen molar-refractivity contribution in [3.63, 3.8) is 0 Å². The number of benzene rings is 1. The lowest BCUT2D eigenvalue weighted by molar-refractivity contribution is -0.134. The monoisotopic (exact) mass is 425 g/mol. The highest BCUT2D eigenvalue weighted by Crippen LogP contribution is 2.38. The number of amides is 2. The molecular weight excluding hydrogens is 394 g/mol. The van der Waals surface area contributed by atoms with Crippen molar-refractivity contribution in [1.82, 2.24) is 15.4 Å². The number of nitrogens with zero attached hydrogens (tertiary/aromatic N) is 2. The van der Waals surface area contributed by atoms with Gasteiger partial charge in [-0.3, -0.25) is 9.59 Å². The number of aryl methyl sites for hydroxylation is 2. The third kappa shape index (κ3) is 4.75. The molecule has 7 nitrogen and oxygen atoms in total. The van der Waals surface area contributed by atoms with Crippen molar-refractivity contribution in [2.75, 3.05) is 26.2 Å². The Labute approximate surface area is 183 Å². The molecular formula is C24H31N3O4. The van der Waals surface area contributed by atoms with Gasteiger partial charge in [-0.15, -0.1) is 0 Å². The van der Waals surface area contributed by atoms with Gasteiger partial charge in [0.15, 0.2) is 0 Å². The zero-order chi connectivity index (χ0) is 21.7. The fourth-order valence-electron chi connectivity index (χ4n) is 4.72. The second kappa shape index (κ2) is 9.54. The Bertz CT molecular complexity index is 915. The summed E-state index contributed by atoms with van der Waals surface area (Å²) in [6.45, 7) is 3.82. The second-order valence-corrected chi connectivity index (χ2v) is 8.64.